The van der Waals surface area contributed by atoms with E-state index in [0.717, 1.165) is 48.2 Å². The monoisotopic (exact) mass is 368 g/mol. The van der Waals surface area contributed by atoms with E-state index in [4.69, 9.17) is 4.98 Å². The molecule has 136 valence electrons. The third kappa shape index (κ3) is 2.61. The molecule has 4 heterocycles. The Balaban J connectivity index is 1.72. The van der Waals surface area contributed by atoms with Crippen molar-refractivity contribution in [2.24, 2.45) is 0 Å². The van der Waals surface area contributed by atoms with Crippen LogP contribution in [-0.4, -0.2) is 18.9 Å². The van der Waals surface area contributed by atoms with Crippen LogP contribution in [0.4, 0.5) is 13.2 Å². The van der Waals surface area contributed by atoms with E-state index < -0.39 is 11.7 Å². The normalized spacial score (nSPS) is 14.0. The minimum Gasteiger partial charge on any atom is -0.327 e. The van der Waals surface area contributed by atoms with E-state index in [2.05, 4.69) is 9.55 Å². The standard InChI is InChI=1S/C20H15F3N4/c21-20(22,23)15-4-1-3-13(11-15)18-19(27-9-2-5-17(27)25-18)14-6-7-16-24-8-10-26(16)12-14/h1,3-4,6-8,10-12H,2,5,9H2. The number of hydrogen-bond donors (Lipinski definition) is 0. The summed E-state index contributed by atoms with van der Waals surface area (Å²) in [5.74, 6) is 0.920. The van der Waals surface area contributed by atoms with Crippen LogP contribution < -0.4 is 0 Å². The van der Waals surface area contributed by atoms with Crippen molar-refractivity contribution < 1.29 is 13.2 Å². The van der Waals surface area contributed by atoms with Crippen LogP contribution in [-0.2, 0) is 19.1 Å². The fourth-order valence-corrected chi connectivity index (χ4v) is 3.72. The fourth-order valence-electron chi connectivity index (χ4n) is 3.72. The number of hydrogen-bond acceptors (Lipinski definition) is 2. The van der Waals surface area contributed by atoms with Crippen LogP contribution in [0.2, 0.25) is 0 Å². The first-order valence-electron chi connectivity index (χ1n) is 8.71. The molecule has 0 radical (unpaired) electrons. The van der Waals surface area contributed by atoms with Gasteiger partial charge in [-0.25, -0.2) is 9.97 Å². The summed E-state index contributed by atoms with van der Waals surface area (Å²) in [7, 11) is 0. The molecule has 0 unspecified atom stereocenters. The number of fused-ring (bicyclic) bond motifs is 2. The molecule has 0 fully saturated rings. The molecule has 1 aromatic carbocycles. The molecular weight excluding hydrogens is 353 g/mol. The zero-order valence-electron chi connectivity index (χ0n) is 14.2. The van der Waals surface area contributed by atoms with Crippen molar-refractivity contribution in [1.82, 2.24) is 18.9 Å². The molecule has 0 bridgehead atoms. The van der Waals surface area contributed by atoms with Crippen molar-refractivity contribution >= 4 is 5.65 Å². The molecule has 4 nitrogen and oxygen atoms in total. The van der Waals surface area contributed by atoms with Crippen LogP contribution in [0.15, 0.2) is 55.0 Å². The Kier molecular flexibility index (Phi) is 3.40. The number of alkyl halides is 3. The summed E-state index contributed by atoms with van der Waals surface area (Å²) in [5.41, 5.74) is 3.00. The molecule has 0 spiro atoms. The second-order valence-electron chi connectivity index (χ2n) is 6.67. The molecule has 0 saturated heterocycles. The fraction of sp³-hybridized carbons (Fsp3) is 0.200. The van der Waals surface area contributed by atoms with E-state index in [9.17, 15) is 13.2 Å². The van der Waals surface area contributed by atoms with E-state index in [1.807, 2.05) is 28.9 Å². The van der Waals surface area contributed by atoms with Crippen LogP contribution in [0.5, 0.6) is 0 Å². The molecule has 0 amide bonds. The van der Waals surface area contributed by atoms with Gasteiger partial charge in [0, 0.05) is 42.7 Å². The van der Waals surface area contributed by atoms with Crippen LogP contribution >= 0.6 is 0 Å². The van der Waals surface area contributed by atoms with Gasteiger partial charge >= 0.3 is 6.18 Å². The van der Waals surface area contributed by atoms with Gasteiger partial charge in [-0.1, -0.05) is 12.1 Å². The molecule has 3 aromatic heterocycles. The lowest BCUT2D eigenvalue weighted by atomic mass is 10.0. The Morgan fingerprint density at radius 3 is 2.78 bits per heavy atom. The number of imidazole rings is 2. The van der Waals surface area contributed by atoms with Gasteiger partial charge in [-0.15, -0.1) is 0 Å². The van der Waals surface area contributed by atoms with Crippen LogP contribution in [0.25, 0.3) is 28.2 Å². The largest absolute Gasteiger partial charge is 0.416 e. The van der Waals surface area contributed by atoms with Crippen molar-refractivity contribution in [3.8, 4) is 22.5 Å². The first-order valence-corrected chi connectivity index (χ1v) is 8.71. The summed E-state index contributed by atoms with van der Waals surface area (Å²) in [6, 6.07) is 9.24. The van der Waals surface area contributed by atoms with E-state index >= 15 is 0 Å². The topological polar surface area (TPSA) is 35.1 Å². The van der Waals surface area contributed by atoms with E-state index in [-0.39, 0.29) is 0 Å². The van der Waals surface area contributed by atoms with Gasteiger partial charge < -0.3 is 8.97 Å². The lowest BCUT2D eigenvalue weighted by Crippen LogP contribution is -2.04. The smallest absolute Gasteiger partial charge is 0.327 e. The number of aromatic nitrogens is 4. The number of benzene rings is 1. The Bertz CT molecular complexity index is 1150. The van der Waals surface area contributed by atoms with Gasteiger partial charge in [-0.2, -0.15) is 13.2 Å². The molecule has 5 rings (SSSR count). The maximum absolute atomic E-state index is 13.2. The SMILES string of the molecule is FC(F)(F)c1cccc(-c2nc3n(c2-c2ccc4nccn4c2)CCC3)c1. The average molecular weight is 368 g/mol. The zero-order valence-corrected chi connectivity index (χ0v) is 14.2. The number of aryl methyl sites for hydroxylation is 1. The van der Waals surface area contributed by atoms with Gasteiger partial charge in [0.25, 0.3) is 0 Å². The highest BCUT2D eigenvalue weighted by atomic mass is 19.4. The van der Waals surface area contributed by atoms with Crippen LogP contribution in [0.1, 0.15) is 17.8 Å². The molecule has 4 aromatic rings. The van der Waals surface area contributed by atoms with Gasteiger partial charge in [0.15, 0.2) is 0 Å². The summed E-state index contributed by atoms with van der Waals surface area (Å²) in [6.45, 7) is 0.818. The maximum atomic E-state index is 13.2. The molecule has 0 N–H and O–H groups in total. The van der Waals surface area contributed by atoms with Gasteiger partial charge in [-0.3, -0.25) is 0 Å². The number of pyridine rings is 1. The van der Waals surface area contributed by atoms with Crippen molar-refractivity contribution in [3.05, 3.63) is 66.4 Å². The minimum atomic E-state index is -4.38. The second kappa shape index (κ2) is 5.70. The molecule has 27 heavy (non-hydrogen) atoms. The molecule has 1 aliphatic heterocycles. The predicted octanol–water partition coefficient (Wildman–Crippen LogP) is 4.83. The Morgan fingerprint density at radius 1 is 1.04 bits per heavy atom. The van der Waals surface area contributed by atoms with E-state index in [0.29, 0.717) is 11.3 Å². The average Bonchev–Trinajstić information content (AvgIpc) is 3.35. The summed E-state index contributed by atoms with van der Waals surface area (Å²) in [6.07, 6.45) is 2.96. The van der Waals surface area contributed by atoms with Crippen LogP contribution in [0.3, 0.4) is 0 Å². The summed E-state index contributed by atoms with van der Waals surface area (Å²) >= 11 is 0. The first-order chi connectivity index (χ1) is 13.0. The molecular formula is C20H15F3N4. The van der Waals surface area contributed by atoms with Gasteiger partial charge in [0.05, 0.1) is 17.0 Å². The van der Waals surface area contributed by atoms with Crippen molar-refractivity contribution in [3.63, 3.8) is 0 Å². The Morgan fingerprint density at radius 2 is 1.93 bits per heavy atom. The number of nitrogens with zero attached hydrogens (tertiary/aromatic N) is 4. The summed E-state index contributed by atoms with van der Waals surface area (Å²) < 4.78 is 43.5. The molecule has 1 aliphatic rings. The molecule has 0 saturated carbocycles. The van der Waals surface area contributed by atoms with Crippen molar-refractivity contribution in [2.75, 3.05) is 0 Å². The lowest BCUT2D eigenvalue weighted by Gasteiger charge is -2.11. The van der Waals surface area contributed by atoms with E-state index in [1.54, 1.807) is 12.3 Å². The Hall–Kier alpha value is -3.09. The minimum absolute atomic E-state index is 0.479. The third-order valence-corrected chi connectivity index (χ3v) is 4.95. The highest BCUT2D eigenvalue weighted by Crippen LogP contribution is 2.38. The second-order valence-corrected chi connectivity index (χ2v) is 6.67. The van der Waals surface area contributed by atoms with Crippen LogP contribution in [0, 0.1) is 0 Å². The summed E-state index contributed by atoms with van der Waals surface area (Å²) in [4.78, 5) is 8.95. The van der Waals surface area contributed by atoms with Crippen molar-refractivity contribution in [2.45, 2.75) is 25.6 Å². The third-order valence-electron chi connectivity index (χ3n) is 4.95. The Labute approximate surface area is 152 Å². The van der Waals surface area contributed by atoms with Crippen molar-refractivity contribution in [1.29, 1.82) is 0 Å². The highest BCUT2D eigenvalue weighted by Gasteiger charge is 2.31. The number of rotatable bonds is 2. The molecule has 7 heteroatoms. The first kappa shape index (κ1) is 16.1. The summed E-state index contributed by atoms with van der Waals surface area (Å²) in [5, 5.41) is 0. The maximum Gasteiger partial charge on any atom is 0.416 e. The van der Waals surface area contributed by atoms with Gasteiger partial charge in [0.1, 0.15) is 11.5 Å². The van der Waals surface area contributed by atoms with E-state index in [1.165, 1.54) is 12.1 Å². The quantitative estimate of drug-likeness (QED) is 0.508. The zero-order chi connectivity index (χ0) is 18.6. The molecule has 0 aliphatic carbocycles. The predicted molar refractivity (Wildman–Crippen MR) is 95.2 cm³/mol. The molecule has 0 atom stereocenters. The lowest BCUT2D eigenvalue weighted by molar-refractivity contribution is -0.137. The van der Waals surface area contributed by atoms with Gasteiger partial charge in [0.2, 0.25) is 0 Å². The highest BCUT2D eigenvalue weighted by molar-refractivity contribution is 5.80. The van der Waals surface area contributed by atoms with Gasteiger partial charge in [-0.05, 0) is 30.7 Å². The number of halogens is 3.